The second kappa shape index (κ2) is 6.20. The summed E-state index contributed by atoms with van der Waals surface area (Å²) in [6, 6.07) is 3.66. The predicted octanol–water partition coefficient (Wildman–Crippen LogP) is 2.91. The van der Waals surface area contributed by atoms with Crippen LogP contribution < -0.4 is 15.2 Å². The molecule has 0 radical (unpaired) electrons. The Morgan fingerprint density at radius 2 is 1.73 bits per heavy atom. The quantitative estimate of drug-likeness (QED) is 0.933. The number of rotatable bonds is 3. The van der Waals surface area contributed by atoms with Crippen LogP contribution >= 0.6 is 28.3 Å². The molecule has 0 aliphatic carbocycles. The van der Waals surface area contributed by atoms with Gasteiger partial charge >= 0.3 is 0 Å². The molecule has 0 amide bonds. The smallest absolute Gasteiger partial charge is 0.133 e. The fourth-order valence-corrected chi connectivity index (χ4v) is 1.72. The van der Waals surface area contributed by atoms with Crippen LogP contribution in [0.4, 0.5) is 0 Å². The van der Waals surface area contributed by atoms with Crippen molar-refractivity contribution in [1.29, 1.82) is 0 Å². The van der Waals surface area contributed by atoms with Gasteiger partial charge in [0.05, 0.1) is 18.7 Å². The zero-order chi connectivity index (χ0) is 10.7. The van der Waals surface area contributed by atoms with Gasteiger partial charge in [0.2, 0.25) is 0 Å². The van der Waals surface area contributed by atoms with Crippen molar-refractivity contribution in [3.8, 4) is 11.5 Å². The van der Waals surface area contributed by atoms with Crippen LogP contribution in [0.1, 0.15) is 18.5 Å². The molecule has 0 unspecified atom stereocenters. The van der Waals surface area contributed by atoms with Crippen LogP contribution in [0, 0.1) is 0 Å². The predicted molar refractivity (Wildman–Crippen MR) is 67.1 cm³/mol. The number of ether oxygens (including phenoxy) is 2. The highest BCUT2D eigenvalue weighted by Crippen LogP contribution is 2.34. The summed E-state index contributed by atoms with van der Waals surface area (Å²) >= 11 is 3.39. The molecule has 0 spiro atoms. The van der Waals surface area contributed by atoms with E-state index >= 15 is 0 Å². The van der Waals surface area contributed by atoms with E-state index in [-0.39, 0.29) is 18.4 Å². The Bertz CT molecular complexity index is 331. The first-order valence-electron chi connectivity index (χ1n) is 4.27. The second-order valence-corrected chi connectivity index (χ2v) is 3.87. The molecule has 86 valence electrons. The molecule has 1 atom stereocenters. The van der Waals surface area contributed by atoms with E-state index in [2.05, 4.69) is 15.9 Å². The number of benzene rings is 1. The Labute approximate surface area is 104 Å². The molecule has 0 heterocycles. The lowest BCUT2D eigenvalue weighted by Gasteiger charge is -2.14. The third-order valence-electron chi connectivity index (χ3n) is 1.99. The number of halogens is 2. The number of hydrogen-bond acceptors (Lipinski definition) is 3. The first-order valence-corrected chi connectivity index (χ1v) is 5.06. The molecule has 0 aliphatic heterocycles. The van der Waals surface area contributed by atoms with E-state index in [4.69, 9.17) is 15.2 Å². The van der Waals surface area contributed by atoms with Crippen LogP contribution in [0.25, 0.3) is 0 Å². The summed E-state index contributed by atoms with van der Waals surface area (Å²) in [6.45, 7) is 1.91. The van der Waals surface area contributed by atoms with E-state index < -0.39 is 0 Å². The van der Waals surface area contributed by atoms with Gasteiger partial charge in [0.1, 0.15) is 11.5 Å². The van der Waals surface area contributed by atoms with Crippen LogP contribution in [0.15, 0.2) is 16.6 Å². The fraction of sp³-hybridized carbons (Fsp3) is 0.400. The molecule has 2 N–H and O–H groups in total. The van der Waals surface area contributed by atoms with E-state index in [1.807, 2.05) is 19.1 Å². The largest absolute Gasteiger partial charge is 0.496 e. The summed E-state index contributed by atoms with van der Waals surface area (Å²) in [5, 5.41) is 0. The van der Waals surface area contributed by atoms with Crippen LogP contribution in [0.3, 0.4) is 0 Å². The third kappa shape index (κ3) is 3.26. The highest BCUT2D eigenvalue weighted by molar-refractivity contribution is 9.10. The summed E-state index contributed by atoms with van der Waals surface area (Å²) in [4.78, 5) is 0. The lowest BCUT2D eigenvalue weighted by Crippen LogP contribution is -2.07. The van der Waals surface area contributed by atoms with Crippen molar-refractivity contribution in [3.63, 3.8) is 0 Å². The van der Waals surface area contributed by atoms with E-state index in [1.54, 1.807) is 14.2 Å². The Morgan fingerprint density at radius 1 is 1.20 bits per heavy atom. The maximum absolute atomic E-state index is 5.81. The first kappa shape index (κ1) is 14.5. The van der Waals surface area contributed by atoms with Gasteiger partial charge in [-0.1, -0.05) is 0 Å². The minimum absolute atomic E-state index is 0. The van der Waals surface area contributed by atoms with Crippen molar-refractivity contribution in [2.45, 2.75) is 13.0 Å². The van der Waals surface area contributed by atoms with E-state index in [0.29, 0.717) is 0 Å². The Hall–Kier alpha value is -0.450. The highest BCUT2D eigenvalue weighted by Gasteiger charge is 2.12. The Morgan fingerprint density at radius 3 is 2.13 bits per heavy atom. The SMILES string of the molecule is COc1cc([C@H](C)N)c(OC)cc1Br.Cl. The fourth-order valence-electron chi connectivity index (χ4n) is 1.24. The minimum atomic E-state index is -0.0769. The minimum Gasteiger partial charge on any atom is -0.496 e. The molecule has 0 saturated carbocycles. The van der Waals surface area contributed by atoms with Crippen molar-refractivity contribution in [2.75, 3.05) is 14.2 Å². The van der Waals surface area contributed by atoms with Crippen molar-refractivity contribution < 1.29 is 9.47 Å². The third-order valence-corrected chi connectivity index (χ3v) is 2.61. The lowest BCUT2D eigenvalue weighted by molar-refractivity contribution is 0.394. The topological polar surface area (TPSA) is 44.5 Å². The molecular weight excluding hydrogens is 281 g/mol. The Kier molecular flexibility index (Phi) is 6.02. The maximum Gasteiger partial charge on any atom is 0.133 e. The highest BCUT2D eigenvalue weighted by atomic mass is 79.9. The molecule has 1 aromatic rings. The van der Waals surface area contributed by atoms with Gasteiger partial charge in [0, 0.05) is 11.6 Å². The van der Waals surface area contributed by atoms with Crippen LogP contribution in [0.2, 0.25) is 0 Å². The van der Waals surface area contributed by atoms with Crippen molar-refractivity contribution in [2.24, 2.45) is 5.73 Å². The van der Waals surface area contributed by atoms with Crippen molar-refractivity contribution in [3.05, 3.63) is 22.2 Å². The number of hydrogen-bond donors (Lipinski definition) is 1. The van der Waals surface area contributed by atoms with E-state index in [0.717, 1.165) is 21.5 Å². The van der Waals surface area contributed by atoms with Gasteiger partial charge in [-0.3, -0.25) is 0 Å². The summed E-state index contributed by atoms with van der Waals surface area (Å²) in [5.74, 6) is 1.53. The molecule has 0 bridgehead atoms. The average Bonchev–Trinajstić information content (AvgIpc) is 2.16. The summed E-state index contributed by atoms with van der Waals surface area (Å²) in [6.07, 6.45) is 0. The van der Waals surface area contributed by atoms with Gasteiger partial charge in [-0.15, -0.1) is 12.4 Å². The zero-order valence-corrected chi connectivity index (χ0v) is 11.3. The number of nitrogens with two attached hydrogens (primary N) is 1. The molecule has 5 heteroatoms. The molecule has 0 aliphatic rings. The molecular formula is C10H15BrClNO2. The van der Waals surface area contributed by atoms with Crippen molar-refractivity contribution >= 4 is 28.3 Å². The molecule has 15 heavy (non-hydrogen) atoms. The molecule has 0 fully saturated rings. The standard InChI is InChI=1S/C10H14BrNO2.ClH/c1-6(12)7-4-10(14-3)8(11)5-9(7)13-2;/h4-6H,12H2,1-3H3;1H/t6-;/m0./s1. The van der Waals surface area contributed by atoms with Gasteiger partial charge in [-0.05, 0) is 35.0 Å². The molecule has 0 saturated heterocycles. The van der Waals surface area contributed by atoms with Gasteiger partial charge < -0.3 is 15.2 Å². The van der Waals surface area contributed by atoms with Gasteiger partial charge in [-0.25, -0.2) is 0 Å². The summed E-state index contributed by atoms with van der Waals surface area (Å²) < 4.78 is 11.3. The van der Waals surface area contributed by atoms with E-state index in [9.17, 15) is 0 Å². The first-order chi connectivity index (χ1) is 6.60. The van der Waals surface area contributed by atoms with Crippen LogP contribution in [-0.2, 0) is 0 Å². The summed E-state index contributed by atoms with van der Waals surface area (Å²) in [7, 11) is 3.25. The van der Waals surface area contributed by atoms with Crippen LogP contribution in [0.5, 0.6) is 11.5 Å². The van der Waals surface area contributed by atoms with Crippen molar-refractivity contribution in [1.82, 2.24) is 0 Å². The van der Waals surface area contributed by atoms with E-state index in [1.165, 1.54) is 0 Å². The second-order valence-electron chi connectivity index (χ2n) is 3.02. The van der Waals surface area contributed by atoms with Crippen LogP contribution in [-0.4, -0.2) is 14.2 Å². The van der Waals surface area contributed by atoms with Gasteiger partial charge in [0.15, 0.2) is 0 Å². The Balaban J connectivity index is 0.00000196. The molecule has 0 aromatic heterocycles. The number of methoxy groups -OCH3 is 2. The molecule has 1 aromatic carbocycles. The average molecular weight is 297 g/mol. The molecule has 3 nitrogen and oxygen atoms in total. The monoisotopic (exact) mass is 295 g/mol. The maximum atomic E-state index is 5.81. The molecule has 1 rings (SSSR count). The normalized spacial score (nSPS) is 11.5. The summed E-state index contributed by atoms with van der Waals surface area (Å²) in [5.41, 5.74) is 6.75. The lowest BCUT2D eigenvalue weighted by atomic mass is 10.1. The zero-order valence-electron chi connectivity index (χ0n) is 8.91. The van der Waals surface area contributed by atoms with Gasteiger partial charge in [0.25, 0.3) is 0 Å². The van der Waals surface area contributed by atoms with Gasteiger partial charge in [-0.2, -0.15) is 0 Å².